The molecule has 3 rings (SSSR count). The molecule has 0 saturated carbocycles. The minimum atomic E-state index is -0.607. The highest BCUT2D eigenvalue weighted by Crippen LogP contribution is 2.13. The molecule has 0 bridgehead atoms. The van der Waals surface area contributed by atoms with Crippen molar-refractivity contribution in [1.29, 1.82) is 0 Å². The van der Waals surface area contributed by atoms with Gasteiger partial charge in [-0.1, -0.05) is 17.3 Å². The number of para-hydroxylation sites is 1. The number of nitrogen functional groups attached to an aromatic ring is 1. The number of nitrogens with two attached hydrogens (primary N) is 1. The van der Waals surface area contributed by atoms with E-state index in [1.54, 1.807) is 18.2 Å². The molecule has 116 valence electrons. The average molecular weight is 314 g/mol. The molecular weight excluding hydrogens is 304 g/mol. The van der Waals surface area contributed by atoms with Crippen LogP contribution in [-0.2, 0) is 0 Å². The van der Waals surface area contributed by atoms with Crippen molar-refractivity contribution in [2.24, 2.45) is 5.10 Å². The number of nitrogens with zero attached hydrogens (tertiary/aromatic N) is 6. The van der Waals surface area contributed by atoms with Gasteiger partial charge in [-0.05, 0) is 22.4 Å². The molecular formula is C12H10N8O3. The van der Waals surface area contributed by atoms with Gasteiger partial charge >= 0.3 is 0 Å². The second-order valence-corrected chi connectivity index (χ2v) is 4.26. The van der Waals surface area contributed by atoms with E-state index in [0.29, 0.717) is 5.56 Å². The van der Waals surface area contributed by atoms with Gasteiger partial charge in [0.15, 0.2) is 5.69 Å². The molecule has 0 atom stereocenters. The van der Waals surface area contributed by atoms with Crippen LogP contribution in [0.25, 0.3) is 5.82 Å². The number of carbonyl (C=O) groups excluding carboxylic acids is 1. The van der Waals surface area contributed by atoms with Crippen LogP contribution in [0.3, 0.4) is 0 Å². The van der Waals surface area contributed by atoms with Crippen LogP contribution in [0.5, 0.6) is 5.75 Å². The third-order valence-corrected chi connectivity index (χ3v) is 2.78. The predicted octanol–water partition coefficient (Wildman–Crippen LogP) is -0.298. The van der Waals surface area contributed by atoms with Gasteiger partial charge in [-0.2, -0.15) is 9.78 Å². The van der Waals surface area contributed by atoms with Gasteiger partial charge in [0.1, 0.15) is 5.75 Å². The molecule has 0 unspecified atom stereocenters. The van der Waals surface area contributed by atoms with Crippen LogP contribution < -0.4 is 11.2 Å². The van der Waals surface area contributed by atoms with Crippen molar-refractivity contribution in [3.05, 3.63) is 41.7 Å². The topological polar surface area (TPSA) is 157 Å². The quantitative estimate of drug-likeness (QED) is 0.437. The summed E-state index contributed by atoms with van der Waals surface area (Å²) in [5.41, 5.74) is 8.31. The van der Waals surface area contributed by atoms with Crippen molar-refractivity contribution in [2.45, 2.75) is 0 Å². The monoisotopic (exact) mass is 314 g/mol. The second-order valence-electron chi connectivity index (χ2n) is 4.26. The van der Waals surface area contributed by atoms with E-state index in [2.05, 4.69) is 35.8 Å². The van der Waals surface area contributed by atoms with Crippen molar-refractivity contribution in [3.8, 4) is 11.6 Å². The Morgan fingerprint density at radius 1 is 1.39 bits per heavy atom. The molecule has 3 aromatic rings. The van der Waals surface area contributed by atoms with Gasteiger partial charge in [-0.25, -0.2) is 10.1 Å². The number of hydrazone groups is 1. The zero-order valence-electron chi connectivity index (χ0n) is 11.5. The van der Waals surface area contributed by atoms with Crippen molar-refractivity contribution in [3.63, 3.8) is 0 Å². The number of aromatic nitrogens is 5. The van der Waals surface area contributed by atoms with E-state index in [4.69, 9.17) is 5.73 Å². The number of aromatic hydroxyl groups is 1. The van der Waals surface area contributed by atoms with Crippen LogP contribution in [0.15, 0.2) is 40.2 Å². The maximum Gasteiger partial charge on any atom is 0.291 e. The number of phenolic OH excluding ortho intramolecular Hbond substituents is 1. The van der Waals surface area contributed by atoms with E-state index in [-0.39, 0.29) is 23.1 Å². The molecule has 0 aliphatic heterocycles. The summed E-state index contributed by atoms with van der Waals surface area (Å²) in [7, 11) is 0. The lowest BCUT2D eigenvalue weighted by Crippen LogP contribution is -2.21. The number of nitrogens with one attached hydrogen (secondary N) is 1. The Morgan fingerprint density at radius 2 is 2.22 bits per heavy atom. The Kier molecular flexibility index (Phi) is 3.66. The first-order valence-electron chi connectivity index (χ1n) is 6.27. The molecule has 0 fully saturated rings. The van der Waals surface area contributed by atoms with Gasteiger partial charge in [-0.3, -0.25) is 4.79 Å². The van der Waals surface area contributed by atoms with Crippen LogP contribution in [0, 0.1) is 0 Å². The number of anilines is 1. The highest BCUT2D eigenvalue weighted by atomic mass is 16.6. The van der Waals surface area contributed by atoms with Gasteiger partial charge < -0.3 is 10.8 Å². The van der Waals surface area contributed by atoms with Crippen molar-refractivity contribution < 1.29 is 14.5 Å². The van der Waals surface area contributed by atoms with E-state index < -0.39 is 5.91 Å². The fourth-order valence-corrected chi connectivity index (χ4v) is 1.70. The zero-order valence-corrected chi connectivity index (χ0v) is 11.5. The fraction of sp³-hybridized carbons (Fsp3) is 0. The minimum Gasteiger partial charge on any atom is -0.507 e. The lowest BCUT2D eigenvalue weighted by molar-refractivity contribution is 0.0947. The van der Waals surface area contributed by atoms with Crippen LogP contribution in [0.4, 0.5) is 5.82 Å². The fourth-order valence-electron chi connectivity index (χ4n) is 1.70. The maximum atomic E-state index is 12.1. The van der Waals surface area contributed by atoms with Gasteiger partial charge in [-0.15, -0.1) is 5.10 Å². The molecule has 11 heteroatoms. The number of hydrogen-bond donors (Lipinski definition) is 3. The third-order valence-electron chi connectivity index (χ3n) is 2.78. The summed E-state index contributed by atoms with van der Waals surface area (Å²) < 4.78 is 5.52. The Morgan fingerprint density at radius 3 is 2.96 bits per heavy atom. The van der Waals surface area contributed by atoms with Crippen molar-refractivity contribution in [2.75, 3.05) is 5.73 Å². The van der Waals surface area contributed by atoms with Crippen LogP contribution in [0.1, 0.15) is 16.1 Å². The summed E-state index contributed by atoms with van der Waals surface area (Å²) in [4.78, 5) is 12.1. The summed E-state index contributed by atoms with van der Waals surface area (Å²) >= 11 is 0. The van der Waals surface area contributed by atoms with Crippen LogP contribution in [0.2, 0.25) is 0 Å². The number of hydrogen-bond acceptors (Lipinski definition) is 9. The summed E-state index contributed by atoms with van der Waals surface area (Å²) in [6, 6.07) is 6.54. The first kappa shape index (κ1) is 14.2. The molecule has 1 amide bonds. The Labute approximate surface area is 128 Å². The number of phenols is 1. The first-order valence-corrected chi connectivity index (χ1v) is 6.27. The molecule has 11 nitrogen and oxygen atoms in total. The summed E-state index contributed by atoms with van der Waals surface area (Å²) in [5.74, 6) is -0.567. The highest BCUT2D eigenvalue weighted by Gasteiger charge is 2.19. The standard InChI is InChI=1S/C12H10N8O3/c13-10-11(18-23-17-10)20-8(6-15-19-20)12(22)16-14-5-7-3-1-2-4-9(7)21/h1-6,21H,(H2,13,17)(H,16,22). The van der Waals surface area contributed by atoms with E-state index in [1.165, 1.54) is 18.5 Å². The van der Waals surface area contributed by atoms with Gasteiger partial charge in [0.2, 0.25) is 11.6 Å². The first-order chi connectivity index (χ1) is 11.2. The molecule has 0 saturated heterocycles. The summed E-state index contributed by atoms with van der Waals surface area (Å²) in [6.45, 7) is 0. The predicted molar refractivity (Wildman–Crippen MR) is 76.8 cm³/mol. The third kappa shape index (κ3) is 2.83. The summed E-state index contributed by atoms with van der Waals surface area (Å²) in [6.07, 6.45) is 2.51. The highest BCUT2D eigenvalue weighted by molar-refractivity contribution is 5.93. The lowest BCUT2D eigenvalue weighted by Gasteiger charge is -2.01. The van der Waals surface area contributed by atoms with Gasteiger partial charge in [0.05, 0.1) is 12.4 Å². The molecule has 0 spiro atoms. The van der Waals surface area contributed by atoms with Crippen LogP contribution in [-0.4, -0.2) is 42.5 Å². The van der Waals surface area contributed by atoms with E-state index in [0.717, 1.165) is 4.68 Å². The Balaban J connectivity index is 1.77. The SMILES string of the molecule is Nc1nonc1-n1nncc1C(=O)NN=Cc1ccccc1O. The van der Waals surface area contributed by atoms with Crippen molar-refractivity contribution in [1.82, 2.24) is 30.7 Å². The van der Waals surface area contributed by atoms with E-state index in [1.807, 2.05) is 0 Å². The molecule has 2 heterocycles. The Bertz CT molecular complexity index is 869. The van der Waals surface area contributed by atoms with Gasteiger partial charge in [0.25, 0.3) is 5.91 Å². The normalized spacial score (nSPS) is 11.0. The second kappa shape index (κ2) is 5.93. The number of rotatable bonds is 4. The van der Waals surface area contributed by atoms with Crippen molar-refractivity contribution >= 4 is 17.9 Å². The molecule has 0 aliphatic rings. The molecule has 0 radical (unpaired) electrons. The number of amides is 1. The van der Waals surface area contributed by atoms with E-state index in [9.17, 15) is 9.90 Å². The minimum absolute atomic E-state index is 0.0295. The number of carbonyl (C=O) groups is 1. The largest absolute Gasteiger partial charge is 0.507 e. The molecule has 0 aliphatic carbocycles. The van der Waals surface area contributed by atoms with Crippen LogP contribution >= 0.6 is 0 Å². The molecule has 4 N–H and O–H groups in total. The average Bonchev–Trinajstić information content (AvgIpc) is 3.17. The van der Waals surface area contributed by atoms with Gasteiger partial charge in [0, 0.05) is 5.56 Å². The lowest BCUT2D eigenvalue weighted by atomic mass is 10.2. The Hall–Kier alpha value is -3.76. The van der Waals surface area contributed by atoms with E-state index >= 15 is 0 Å². The number of benzene rings is 1. The zero-order chi connectivity index (χ0) is 16.2. The molecule has 23 heavy (non-hydrogen) atoms. The molecule has 1 aromatic carbocycles. The maximum absolute atomic E-state index is 12.1. The summed E-state index contributed by atoms with van der Waals surface area (Å²) in [5, 5.41) is 27.6. The molecule has 2 aromatic heterocycles. The smallest absolute Gasteiger partial charge is 0.291 e.